The van der Waals surface area contributed by atoms with E-state index >= 15 is 0 Å². The number of aromatic nitrogens is 3. The third-order valence-electron chi connectivity index (χ3n) is 5.65. The smallest absolute Gasteiger partial charge is 0.336 e. The Morgan fingerprint density at radius 1 is 0.895 bits per heavy atom. The van der Waals surface area contributed by atoms with Crippen LogP contribution in [0.1, 0.15) is 15.9 Å². The Kier molecular flexibility index (Phi) is 7.08. The normalized spacial score (nSPS) is 10.7. The molecule has 0 aliphatic carbocycles. The maximum absolute atomic E-state index is 14.0. The maximum atomic E-state index is 14.0. The van der Waals surface area contributed by atoms with Crippen LogP contribution in [0.5, 0.6) is 11.8 Å². The minimum atomic E-state index is -0.415. The second-order valence-corrected chi connectivity index (χ2v) is 8.29. The number of carbonyl (C=O) groups excluding carboxylic acids is 1. The Labute approximate surface area is 217 Å². The van der Waals surface area contributed by atoms with Crippen molar-refractivity contribution in [2.24, 2.45) is 0 Å². The SMILES string of the molecule is COc1cccc(C(=O)Nc2ccc(-n3nc(OCc4ccc(F)cc4)nc3-c3cccc(F)c3)cc2)c1. The van der Waals surface area contributed by atoms with Gasteiger partial charge in [0.05, 0.1) is 12.8 Å². The molecule has 0 spiro atoms. The number of nitrogens with one attached hydrogen (secondary N) is 1. The molecular weight excluding hydrogens is 490 g/mol. The summed E-state index contributed by atoms with van der Waals surface area (Å²) in [6.45, 7) is 0.127. The molecule has 0 aliphatic rings. The highest BCUT2D eigenvalue weighted by Crippen LogP contribution is 2.26. The third kappa shape index (κ3) is 5.67. The van der Waals surface area contributed by atoms with Gasteiger partial charge in [0.1, 0.15) is 24.0 Å². The number of hydrogen-bond acceptors (Lipinski definition) is 5. The summed E-state index contributed by atoms with van der Waals surface area (Å²) in [6.07, 6.45) is 0. The van der Waals surface area contributed by atoms with Crippen molar-refractivity contribution in [1.82, 2.24) is 14.8 Å². The largest absolute Gasteiger partial charge is 0.497 e. The van der Waals surface area contributed by atoms with Crippen molar-refractivity contribution < 1.29 is 23.0 Å². The fourth-order valence-corrected chi connectivity index (χ4v) is 3.73. The Morgan fingerprint density at radius 3 is 2.39 bits per heavy atom. The number of ether oxygens (including phenoxy) is 2. The van der Waals surface area contributed by atoms with Gasteiger partial charge in [-0.15, -0.1) is 5.10 Å². The van der Waals surface area contributed by atoms with Gasteiger partial charge < -0.3 is 14.8 Å². The molecule has 190 valence electrons. The van der Waals surface area contributed by atoms with E-state index in [1.165, 1.54) is 36.1 Å². The van der Waals surface area contributed by atoms with Crippen molar-refractivity contribution in [1.29, 1.82) is 0 Å². The van der Waals surface area contributed by atoms with Gasteiger partial charge in [-0.2, -0.15) is 4.98 Å². The molecule has 0 atom stereocenters. The predicted octanol–water partition coefficient (Wildman–Crippen LogP) is 6.05. The zero-order valence-corrected chi connectivity index (χ0v) is 20.3. The highest BCUT2D eigenvalue weighted by molar-refractivity contribution is 6.04. The summed E-state index contributed by atoms with van der Waals surface area (Å²) in [5.74, 6) is -0.0864. The van der Waals surface area contributed by atoms with Crippen molar-refractivity contribution in [3.63, 3.8) is 0 Å². The lowest BCUT2D eigenvalue weighted by Crippen LogP contribution is -2.12. The molecule has 0 saturated carbocycles. The van der Waals surface area contributed by atoms with Crippen molar-refractivity contribution in [3.05, 3.63) is 120 Å². The maximum Gasteiger partial charge on any atom is 0.336 e. The number of hydrogen-bond donors (Lipinski definition) is 1. The Morgan fingerprint density at radius 2 is 1.66 bits per heavy atom. The molecule has 0 fully saturated rings. The van der Waals surface area contributed by atoms with Crippen LogP contribution in [0, 0.1) is 11.6 Å². The third-order valence-corrected chi connectivity index (χ3v) is 5.65. The van der Waals surface area contributed by atoms with E-state index in [2.05, 4.69) is 15.4 Å². The van der Waals surface area contributed by atoms with Gasteiger partial charge in [-0.1, -0.05) is 30.3 Å². The van der Waals surface area contributed by atoms with Crippen LogP contribution < -0.4 is 14.8 Å². The number of methoxy groups -OCH3 is 1. The van der Waals surface area contributed by atoms with E-state index in [9.17, 15) is 13.6 Å². The van der Waals surface area contributed by atoms with E-state index < -0.39 is 5.82 Å². The summed E-state index contributed by atoms with van der Waals surface area (Å²) in [4.78, 5) is 17.1. The summed E-state index contributed by atoms with van der Waals surface area (Å²) < 4.78 is 39.6. The van der Waals surface area contributed by atoms with Crippen LogP contribution in [0.4, 0.5) is 14.5 Å². The number of halogens is 2. The predicted molar refractivity (Wildman–Crippen MR) is 138 cm³/mol. The molecule has 5 aromatic rings. The zero-order valence-electron chi connectivity index (χ0n) is 20.3. The van der Waals surface area contributed by atoms with Gasteiger partial charge in [0, 0.05) is 16.8 Å². The summed E-state index contributed by atoms with van der Waals surface area (Å²) in [5, 5.41) is 7.31. The van der Waals surface area contributed by atoms with E-state index in [1.54, 1.807) is 72.8 Å². The molecule has 7 nitrogen and oxygen atoms in total. The van der Waals surface area contributed by atoms with Crippen LogP contribution in [0.3, 0.4) is 0 Å². The van der Waals surface area contributed by atoms with Crippen LogP contribution in [-0.4, -0.2) is 27.8 Å². The quantitative estimate of drug-likeness (QED) is 0.274. The number of amides is 1. The highest BCUT2D eigenvalue weighted by atomic mass is 19.1. The van der Waals surface area contributed by atoms with Gasteiger partial charge in [0.25, 0.3) is 5.91 Å². The van der Waals surface area contributed by atoms with Crippen LogP contribution in [0.2, 0.25) is 0 Å². The van der Waals surface area contributed by atoms with E-state index in [4.69, 9.17) is 9.47 Å². The first-order valence-corrected chi connectivity index (χ1v) is 11.6. The van der Waals surface area contributed by atoms with E-state index in [1.807, 2.05) is 0 Å². The molecule has 0 radical (unpaired) electrons. The fourth-order valence-electron chi connectivity index (χ4n) is 3.73. The van der Waals surface area contributed by atoms with E-state index in [0.29, 0.717) is 34.1 Å². The van der Waals surface area contributed by atoms with Crippen LogP contribution in [-0.2, 0) is 6.61 Å². The molecule has 1 N–H and O–H groups in total. The standard InChI is InChI=1S/C29H22F2N4O3/c1-37-26-7-3-5-21(17-26)28(36)32-24-12-14-25(15-13-24)35-27(20-4-2-6-23(31)16-20)33-29(34-35)38-18-19-8-10-22(30)11-9-19/h2-17H,18H2,1H3,(H,32,36). The average Bonchev–Trinajstić information content (AvgIpc) is 3.37. The monoisotopic (exact) mass is 512 g/mol. The topological polar surface area (TPSA) is 78.3 Å². The highest BCUT2D eigenvalue weighted by Gasteiger charge is 2.16. The first-order chi connectivity index (χ1) is 18.5. The van der Waals surface area contributed by atoms with Gasteiger partial charge in [0.2, 0.25) is 0 Å². The van der Waals surface area contributed by atoms with Crippen molar-refractivity contribution in [2.75, 3.05) is 12.4 Å². The Hall–Kier alpha value is -5.05. The molecular formula is C29H22F2N4O3. The van der Waals surface area contributed by atoms with E-state index in [0.717, 1.165) is 5.56 Å². The number of anilines is 1. The molecule has 1 heterocycles. The zero-order chi connectivity index (χ0) is 26.5. The Balaban J connectivity index is 1.40. The molecule has 5 rings (SSSR count). The summed E-state index contributed by atoms with van der Waals surface area (Å²) in [7, 11) is 1.54. The summed E-state index contributed by atoms with van der Waals surface area (Å²) in [5.41, 5.74) is 2.89. The molecule has 1 aromatic heterocycles. The molecule has 0 unspecified atom stereocenters. The molecule has 0 bridgehead atoms. The molecule has 1 amide bonds. The van der Waals surface area contributed by atoms with Crippen molar-refractivity contribution in [2.45, 2.75) is 6.61 Å². The van der Waals surface area contributed by atoms with Gasteiger partial charge in [0.15, 0.2) is 5.82 Å². The van der Waals surface area contributed by atoms with Crippen molar-refractivity contribution in [3.8, 4) is 28.8 Å². The van der Waals surface area contributed by atoms with Crippen LogP contribution >= 0.6 is 0 Å². The number of benzene rings is 4. The second kappa shape index (κ2) is 10.9. The van der Waals surface area contributed by atoms with Gasteiger partial charge >= 0.3 is 6.01 Å². The van der Waals surface area contributed by atoms with Crippen LogP contribution in [0.15, 0.2) is 97.1 Å². The van der Waals surface area contributed by atoms with Crippen LogP contribution in [0.25, 0.3) is 17.1 Å². The minimum absolute atomic E-state index is 0.0731. The minimum Gasteiger partial charge on any atom is -0.497 e. The number of carbonyl (C=O) groups is 1. The van der Waals surface area contributed by atoms with Gasteiger partial charge in [-0.05, 0) is 72.3 Å². The average molecular weight is 513 g/mol. The lowest BCUT2D eigenvalue weighted by Gasteiger charge is -2.09. The summed E-state index contributed by atoms with van der Waals surface area (Å²) >= 11 is 0. The number of rotatable bonds is 8. The van der Waals surface area contributed by atoms with Crippen molar-refractivity contribution >= 4 is 11.6 Å². The summed E-state index contributed by atoms with van der Waals surface area (Å²) in [6, 6.07) is 25.8. The molecule has 4 aromatic carbocycles. The molecule has 0 aliphatic heterocycles. The lowest BCUT2D eigenvalue weighted by molar-refractivity contribution is 0.102. The number of nitrogens with zero attached hydrogens (tertiary/aromatic N) is 3. The molecule has 38 heavy (non-hydrogen) atoms. The van der Waals surface area contributed by atoms with Gasteiger partial charge in [-0.3, -0.25) is 4.79 Å². The first-order valence-electron chi connectivity index (χ1n) is 11.6. The molecule has 9 heteroatoms. The molecule has 0 saturated heterocycles. The van der Waals surface area contributed by atoms with E-state index in [-0.39, 0.29) is 24.3 Å². The first kappa shape index (κ1) is 24.6. The lowest BCUT2D eigenvalue weighted by atomic mass is 10.2. The van der Waals surface area contributed by atoms with Gasteiger partial charge in [-0.25, -0.2) is 13.5 Å². The second-order valence-electron chi connectivity index (χ2n) is 8.29. The Bertz CT molecular complexity index is 1570. The fraction of sp³-hybridized carbons (Fsp3) is 0.0690.